The lowest BCUT2D eigenvalue weighted by atomic mass is 9.88. The number of rotatable bonds is 4. The fraction of sp³-hybridized carbons (Fsp3) is 0.857. The number of piperidine rings is 1. The number of likely N-dealkylation sites (tertiary alicyclic amines) is 1. The number of nitrogens with one attached hydrogen (secondary N) is 1. The third kappa shape index (κ3) is 3.81. The monoisotopic (exact) mass is 222 g/mol. The van der Waals surface area contributed by atoms with Gasteiger partial charge in [-0.1, -0.05) is 12.8 Å². The molecule has 2 nitrogen and oxygen atoms in total. The summed E-state index contributed by atoms with van der Waals surface area (Å²) in [5.74, 6) is 3.58. The van der Waals surface area contributed by atoms with E-state index < -0.39 is 0 Å². The summed E-state index contributed by atoms with van der Waals surface area (Å²) in [5.41, 5.74) is -0.179. The zero-order valence-electron chi connectivity index (χ0n) is 11.2. The average Bonchev–Trinajstić information content (AvgIpc) is 2.28. The summed E-state index contributed by atoms with van der Waals surface area (Å²) >= 11 is 0. The Kier molecular flexibility index (Phi) is 4.83. The fourth-order valence-electron chi connectivity index (χ4n) is 2.50. The van der Waals surface area contributed by atoms with Crippen LogP contribution in [-0.4, -0.2) is 36.1 Å². The van der Waals surface area contributed by atoms with E-state index in [4.69, 9.17) is 6.42 Å². The molecule has 1 heterocycles. The van der Waals surface area contributed by atoms with Gasteiger partial charge in [-0.2, -0.15) is 0 Å². The molecule has 2 heteroatoms. The van der Waals surface area contributed by atoms with Crippen molar-refractivity contribution in [1.82, 2.24) is 10.2 Å². The molecular formula is C14H26N2. The molecule has 1 fully saturated rings. The second-order valence-corrected chi connectivity index (χ2v) is 5.47. The summed E-state index contributed by atoms with van der Waals surface area (Å²) in [6, 6.07) is 0.519. The zero-order valence-corrected chi connectivity index (χ0v) is 11.2. The van der Waals surface area contributed by atoms with E-state index in [0.717, 1.165) is 5.92 Å². The molecule has 1 rings (SSSR count). The second-order valence-electron chi connectivity index (χ2n) is 5.47. The Morgan fingerprint density at radius 3 is 2.44 bits per heavy atom. The van der Waals surface area contributed by atoms with Crippen LogP contribution in [0.1, 0.15) is 40.5 Å². The lowest BCUT2D eigenvalue weighted by Gasteiger charge is -2.37. The summed E-state index contributed by atoms with van der Waals surface area (Å²) in [6.07, 6.45) is 8.10. The van der Waals surface area contributed by atoms with Gasteiger partial charge in [-0.05, 0) is 59.2 Å². The molecule has 1 saturated heterocycles. The highest BCUT2D eigenvalue weighted by Gasteiger charge is 2.26. The van der Waals surface area contributed by atoms with E-state index in [1.54, 1.807) is 0 Å². The van der Waals surface area contributed by atoms with Crippen LogP contribution in [0.4, 0.5) is 0 Å². The van der Waals surface area contributed by atoms with Crippen LogP contribution in [0.3, 0.4) is 0 Å². The van der Waals surface area contributed by atoms with E-state index >= 15 is 0 Å². The first-order valence-corrected chi connectivity index (χ1v) is 6.46. The van der Waals surface area contributed by atoms with Gasteiger partial charge in [0.25, 0.3) is 0 Å². The molecule has 0 aromatic carbocycles. The molecule has 0 saturated carbocycles. The molecule has 0 aromatic heterocycles. The average molecular weight is 222 g/mol. The zero-order chi connectivity index (χ0) is 12.2. The van der Waals surface area contributed by atoms with Crippen molar-refractivity contribution in [3.05, 3.63) is 0 Å². The largest absolute Gasteiger partial charge is 0.304 e. The normalized spacial score (nSPS) is 21.7. The molecule has 0 spiro atoms. The van der Waals surface area contributed by atoms with Crippen molar-refractivity contribution in [1.29, 1.82) is 0 Å². The van der Waals surface area contributed by atoms with Crippen LogP contribution in [-0.2, 0) is 0 Å². The van der Waals surface area contributed by atoms with Crippen molar-refractivity contribution in [3.63, 3.8) is 0 Å². The van der Waals surface area contributed by atoms with Crippen molar-refractivity contribution in [2.24, 2.45) is 5.92 Å². The maximum absolute atomic E-state index is 5.51. The molecule has 1 N–H and O–H groups in total. The summed E-state index contributed by atoms with van der Waals surface area (Å²) in [6.45, 7) is 12.3. The molecule has 0 amide bonds. The quantitative estimate of drug-likeness (QED) is 0.733. The SMILES string of the molecule is C#CC(C)(C)NC(C)C1CCN(CC)CC1. The number of hydrogen-bond acceptors (Lipinski definition) is 2. The molecule has 0 radical (unpaired) electrons. The van der Waals surface area contributed by atoms with Crippen molar-refractivity contribution in [3.8, 4) is 12.3 Å². The van der Waals surface area contributed by atoms with E-state index in [1.165, 1.54) is 32.5 Å². The van der Waals surface area contributed by atoms with E-state index in [1.807, 2.05) is 0 Å². The van der Waals surface area contributed by atoms with Gasteiger partial charge < -0.3 is 4.90 Å². The third-order valence-electron chi connectivity index (χ3n) is 3.74. The van der Waals surface area contributed by atoms with Gasteiger partial charge in [0.05, 0.1) is 5.54 Å². The molecule has 1 atom stereocenters. The van der Waals surface area contributed by atoms with Gasteiger partial charge in [0.2, 0.25) is 0 Å². The summed E-state index contributed by atoms with van der Waals surface area (Å²) in [4.78, 5) is 2.52. The van der Waals surface area contributed by atoms with Crippen LogP contribution in [0.2, 0.25) is 0 Å². The minimum atomic E-state index is -0.179. The molecule has 0 aromatic rings. The predicted molar refractivity (Wildman–Crippen MR) is 70.3 cm³/mol. The molecule has 1 aliphatic rings. The van der Waals surface area contributed by atoms with E-state index in [-0.39, 0.29) is 5.54 Å². The van der Waals surface area contributed by atoms with Gasteiger partial charge in [0.15, 0.2) is 0 Å². The summed E-state index contributed by atoms with van der Waals surface area (Å²) < 4.78 is 0. The highest BCUT2D eigenvalue weighted by atomic mass is 15.1. The summed E-state index contributed by atoms with van der Waals surface area (Å²) in [5, 5.41) is 3.55. The Balaban J connectivity index is 2.39. The highest BCUT2D eigenvalue weighted by molar-refractivity contribution is 5.08. The molecule has 1 aliphatic heterocycles. The topological polar surface area (TPSA) is 15.3 Å². The van der Waals surface area contributed by atoms with Crippen LogP contribution in [0.15, 0.2) is 0 Å². The van der Waals surface area contributed by atoms with Crippen LogP contribution in [0, 0.1) is 18.3 Å². The molecule has 16 heavy (non-hydrogen) atoms. The maximum atomic E-state index is 5.51. The van der Waals surface area contributed by atoms with E-state index in [2.05, 4.69) is 43.8 Å². The van der Waals surface area contributed by atoms with Crippen LogP contribution in [0.5, 0.6) is 0 Å². The Morgan fingerprint density at radius 1 is 1.44 bits per heavy atom. The first-order chi connectivity index (χ1) is 7.48. The number of hydrogen-bond donors (Lipinski definition) is 1. The number of terminal acetylenes is 1. The van der Waals surface area contributed by atoms with Gasteiger partial charge in [-0.25, -0.2) is 0 Å². The van der Waals surface area contributed by atoms with Gasteiger partial charge in [0, 0.05) is 6.04 Å². The lowest BCUT2D eigenvalue weighted by molar-refractivity contribution is 0.162. The van der Waals surface area contributed by atoms with Crippen LogP contribution >= 0.6 is 0 Å². The predicted octanol–water partition coefficient (Wildman–Crippen LogP) is 2.11. The smallest absolute Gasteiger partial charge is 0.0743 e. The summed E-state index contributed by atoms with van der Waals surface area (Å²) in [7, 11) is 0. The minimum absolute atomic E-state index is 0.179. The maximum Gasteiger partial charge on any atom is 0.0743 e. The van der Waals surface area contributed by atoms with Gasteiger partial charge in [-0.15, -0.1) is 6.42 Å². The molecular weight excluding hydrogens is 196 g/mol. The van der Waals surface area contributed by atoms with Gasteiger partial charge in [0.1, 0.15) is 0 Å². The fourth-order valence-corrected chi connectivity index (χ4v) is 2.50. The van der Waals surface area contributed by atoms with Crippen molar-refractivity contribution < 1.29 is 0 Å². The molecule has 92 valence electrons. The first kappa shape index (κ1) is 13.5. The van der Waals surface area contributed by atoms with Gasteiger partial charge >= 0.3 is 0 Å². The Hall–Kier alpha value is -0.520. The van der Waals surface area contributed by atoms with E-state index in [9.17, 15) is 0 Å². The first-order valence-electron chi connectivity index (χ1n) is 6.46. The second kappa shape index (κ2) is 5.70. The lowest BCUT2D eigenvalue weighted by Crippen LogP contribution is -2.49. The third-order valence-corrected chi connectivity index (χ3v) is 3.74. The number of nitrogens with zero attached hydrogens (tertiary/aromatic N) is 1. The van der Waals surface area contributed by atoms with Crippen molar-refractivity contribution in [2.45, 2.75) is 52.1 Å². The van der Waals surface area contributed by atoms with Crippen molar-refractivity contribution >= 4 is 0 Å². The highest BCUT2D eigenvalue weighted by Crippen LogP contribution is 2.21. The van der Waals surface area contributed by atoms with E-state index in [0.29, 0.717) is 6.04 Å². The Morgan fingerprint density at radius 2 is 2.00 bits per heavy atom. The molecule has 0 aliphatic carbocycles. The van der Waals surface area contributed by atoms with Gasteiger partial charge in [-0.3, -0.25) is 5.32 Å². The Labute approximate surface area is 101 Å². The minimum Gasteiger partial charge on any atom is -0.304 e. The van der Waals surface area contributed by atoms with Crippen LogP contribution < -0.4 is 5.32 Å². The van der Waals surface area contributed by atoms with Crippen LogP contribution in [0.25, 0.3) is 0 Å². The standard InChI is InChI=1S/C14H26N2/c1-6-14(4,5)15-12(3)13-8-10-16(7-2)11-9-13/h1,12-13,15H,7-11H2,2-5H3. The Bertz CT molecular complexity index is 244. The molecule has 0 bridgehead atoms. The molecule has 1 unspecified atom stereocenters. The van der Waals surface area contributed by atoms with Crippen molar-refractivity contribution in [2.75, 3.05) is 19.6 Å².